The number of carboxylic acids is 1. The molecule has 3 aliphatic rings. The molecule has 1 aliphatic carbocycles. The van der Waals surface area contributed by atoms with Gasteiger partial charge in [-0.05, 0) is 53.5 Å². The van der Waals surface area contributed by atoms with Crippen molar-refractivity contribution in [1.82, 2.24) is 10.6 Å². The Morgan fingerprint density at radius 2 is 1.66 bits per heavy atom. The minimum atomic E-state index is -1.47. The average molecular weight is 558 g/mol. The highest BCUT2D eigenvalue weighted by molar-refractivity contribution is 6.01. The number of carbonyl (C=O) groups is 3. The molecule has 0 fully saturated rings. The molecule has 3 heterocycles. The predicted octanol–water partition coefficient (Wildman–Crippen LogP) is 3.87. The Morgan fingerprint density at radius 1 is 0.976 bits per heavy atom. The van der Waals surface area contributed by atoms with Gasteiger partial charge in [-0.2, -0.15) is 0 Å². The molecule has 5 rings (SSSR count). The van der Waals surface area contributed by atoms with Crippen LogP contribution in [0.15, 0.2) is 69.4 Å². The van der Waals surface area contributed by atoms with Crippen LogP contribution in [0.2, 0.25) is 0 Å². The number of carbonyl (C=O) groups excluding carboxylic acids is 2. The van der Waals surface area contributed by atoms with Gasteiger partial charge in [0.15, 0.2) is 0 Å². The van der Waals surface area contributed by atoms with Gasteiger partial charge in [0.1, 0.15) is 17.2 Å². The quantitative estimate of drug-likeness (QED) is 0.460. The van der Waals surface area contributed by atoms with Gasteiger partial charge < -0.3 is 25.1 Å². The van der Waals surface area contributed by atoms with Crippen LogP contribution >= 0.6 is 0 Å². The van der Waals surface area contributed by atoms with Crippen molar-refractivity contribution < 1.29 is 23.9 Å². The summed E-state index contributed by atoms with van der Waals surface area (Å²) in [5.74, 6) is -2.73. The zero-order chi connectivity index (χ0) is 29.5. The third-order valence-corrected chi connectivity index (χ3v) is 8.30. The van der Waals surface area contributed by atoms with Gasteiger partial charge in [-0.15, -0.1) is 0 Å². The minimum absolute atomic E-state index is 0.111. The highest BCUT2D eigenvalue weighted by Gasteiger charge is 2.42. The summed E-state index contributed by atoms with van der Waals surface area (Å²) in [4.78, 5) is 53.3. The first-order chi connectivity index (χ1) is 19.4. The molecule has 2 aromatic rings. The van der Waals surface area contributed by atoms with Gasteiger partial charge >= 0.3 is 11.6 Å². The second-order valence-electron chi connectivity index (χ2n) is 12.1. The number of rotatable bonds is 6. The lowest BCUT2D eigenvalue weighted by atomic mass is 9.69. The van der Waals surface area contributed by atoms with Gasteiger partial charge in [0.25, 0.3) is 11.8 Å². The van der Waals surface area contributed by atoms with Gasteiger partial charge in [-0.25, -0.2) is 9.59 Å². The number of nitrogens with zero attached hydrogens (tertiary/aromatic N) is 1. The molecule has 214 valence electrons. The molecular weight excluding hydrogens is 522 g/mol. The van der Waals surface area contributed by atoms with Gasteiger partial charge in [-0.3, -0.25) is 9.59 Å². The zero-order valence-electron chi connectivity index (χ0n) is 23.7. The monoisotopic (exact) mass is 557 g/mol. The second-order valence-corrected chi connectivity index (χ2v) is 12.1. The standard InChI is InChI=1S/C32H35N3O6/c1-31(2)12-14-35-15-13-32(3,4)24-25(35)22(31)17-20-16-21(30(40)41-26(20)24)28(37)34-23(29(38)39)18-33-27(36)19-10-8-6-5-7-9-11-19/h5-11,16-17,23H,12-15,18H2,1-4H3,(H,33,36)(H,34,37)(H,38,39)/b6-5-,7-5?,8-6?,9-7-,10-8-,11-9?,19-10?,19-11+. The SMILES string of the molecule is CC1(C)CCN2CCC(C)(C)c3c2c1cc1cc(C(=O)NC(CNC(=O)C2=C/C=C\C=C/C=C\2)C(=O)O)c(=O)oc31. The summed E-state index contributed by atoms with van der Waals surface area (Å²) in [6, 6.07) is 2.02. The molecule has 3 N–H and O–H groups in total. The molecule has 0 bridgehead atoms. The molecule has 0 saturated heterocycles. The van der Waals surface area contributed by atoms with Crippen LogP contribution in [0.3, 0.4) is 0 Å². The van der Waals surface area contributed by atoms with E-state index in [0.717, 1.165) is 42.7 Å². The number of benzene rings is 1. The van der Waals surface area contributed by atoms with Crippen LogP contribution in [0, 0.1) is 0 Å². The van der Waals surface area contributed by atoms with Crippen LogP contribution in [-0.4, -0.2) is 48.6 Å². The summed E-state index contributed by atoms with van der Waals surface area (Å²) in [7, 11) is 0. The van der Waals surface area contributed by atoms with Crippen molar-refractivity contribution in [3.05, 3.63) is 87.3 Å². The first kappa shape index (κ1) is 28.1. The van der Waals surface area contributed by atoms with Crippen LogP contribution in [0.25, 0.3) is 11.0 Å². The summed E-state index contributed by atoms with van der Waals surface area (Å²) in [5, 5.41) is 15.3. The Bertz CT molecular complexity index is 1620. The molecule has 2 aliphatic heterocycles. The van der Waals surface area contributed by atoms with E-state index in [2.05, 4.69) is 43.2 Å². The van der Waals surface area contributed by atoms with Crippen molar-refractivity contribution in [2.75, 3.05) is 24.5 Å². The highest BCUT2D eigenvalue weighted by atomic mass is 16.4. The van der Waals surface area contributed by atoms with Crippen LogP contribution in [0.1, 0.15) is 62.0 Å². The van der Waals surface area contributed by atoms with E-state index in [9.17, 15) is 24.3 Å². The zero-order valence-corrected chi connectivity index (χ0v) is 23.7. The van der Waals surface area contributed by atoms with Gasteiger partial charge in [-0.1, -0.05) is 58.1 Å². The van der Waals surface area contributed by atoms with Crippen molar-refractivity contribution in [3.63, 3.8) is 0 Å². The Labute approximate surface area is 238 Å². The van der Waals surface area contributed by atoms with Crippen molar-refractivity contribution in [2.24, 2.45) is 0 Å². The predicted molar refractivity (Wildman–Crippen MR) is 157 cm³/mol. The lowest BCUT2D eigenvalue weighted by molar-refractivity contribution is -0.139. The molecule has 1 aromatic carbocycles. The molecule has 9 heteroatoms. The highest BCUT2D eigenvalue weighted by Crippen LogP contribution is 2.51. The van der Waals surface area contributed by atoms with E-state index in [1.165, 1.54) is 6.07 Å². The van der Waals surface area contributed by atoms with E-state index in [-0.39, 0.29) is 22.9 Å². The van der Waals surface area contributed by atoms with Gasteiger partial charge in [0.05, 0.1) is 0 Å². The second kappa shape index (κ2) is 10.5. The van der Waals surface area contributed by atoms with Gasteiger partial charge in [0, 0.05) is 41.8 Å². The maximum atomic E-state index is 13.2. The van der Waals surface area contributed by atoms with Crippen LogP contribution < -0.4 is 21.2 Å². The third kappa shape index (κ3) is 5.36. The molecular formula is C32H35N3O6. The number of aliphatic carboxylic acids is 1. The minimum Gasteiger partial charge on any atom is -0.480 e. The summed E-state index contributed by atoms with van der Waals surface area (Å²) in [5.41, 5.74) is 2.55. The molecule has 41 heavy (non-hydrogen) atoms. The molecule has 0 radical (unpaired) electrons. The Balaban J connectivity index is 1.45. The number of amides is 2. The van der Waals surface area contributed by atoms with E-state index in [0.29, 0.717) is 16.5 Å². The summed E-state index contributed by atoms with van der Waals surface area (Å²) >= 11 is 0. The third-order valence-electron chi connectivity index (χ3n) is 8.30. The Morgan fingerprint density at radius 3 is 2.39 bits per heavy atom. The number of hydrogen-bond donors (Lipinski definition) is 3. The maximum absolute atomic E-state index is 13.2. The van der Waals surface area contributed by atoms with Crippen LogP contribution in [0.4, 0.5) is 5.69 Å². The van der Waals surface area contributed by atoms with Crippen molar-refractivity contribution >= 4 is 34.4 Å². The number of fused-ring (bicyclic) bond motifs is 2. The van der Waals surface area contributed by atoms with Crippen molar-refractivity contribution in [3.8, 4) is 0 Å². The molecule has 1 unspecified atom stereocenters. The van der Waals surface area contributed by atoms with Gasteiger partial charge in [0.2, 0.25) is 0 Å². The van der Waals surface area contributed by atoms with E-state index < -0.39 is 29.5 Å². The number of nitrogens with one attached hydrogen (secondary N) is 2. The fourth-order valence-electron chi connectivity index (χ4n) is 5.76. The molecule has 1 atom stereocenters. The molecule has 1 aromatic heterocycles. The van der Waals surface area contributed by atoms with E-state index in [1.54, 1.807) is 36.5 Å². The first-order valence-electron chi connectivity index (χ1n) is 13.8. The summed E-state index contributed by atoms with van der Waals surface area (Å²) in [6.45, 7) is 10.1. The number of anilines is 1. The van der Waals surface area contributed by atoms with Crippen LogP contribution in [0.5, 0.6) is 0 Å². The van der Waals surface area contributed by atoms with Crippen molar-refractivity contribution in [2.45, 2.75) is 57.4 Å². The molecule has 2 amide bonds. The lowest BCUT2D eigenvalue weighted by Crippen LogP contribution is -2.49. The molecule has 9 nitrogen and oxygen atoms in total. The summed E-state index contributed by atoms with van der Waals surface area (Å²) in [6.07, 6.45) is 13.8. The Kier molecular flexibility index (Phi) is 7.23. The fraction of sp³-hybridized carbons (Fsp3) is 0.375. The Hall–Kier alpha value is -4.40. The van der Waals surface area contributed by atoms with E-state index in [1.807, 2.05) is 12.1 Å². The van der Waals surface area contributed by atoms with E-state index in [4.69, 9.17) is 4.42 Å². The van der Waals surface area contributed by atoms with Crippen molar-refractivity contribution in [1.29, 1.82) is 0 Å². The largest absolute Gasteiger partial charge is 0.480 e. The molecule has 0 spiro atoms. The first-order valence-corrected chi connectivity index (χ1v) is 13.8. The number of allylic oxidation sites excluding steroid dienone is 6. The molecule has 0 saturated carbocycles. The fourth-order valence-corrected chi connectivity index (χ4v) is 5.76. The lowest BCUT2D eigenvalue weighted by Gasteiger charge is -2.48. The topological polar surface area (TPSA) is 129 Å². The normalized spacial score (nSPS) is 22.6. The summed E-state index contributed by atoms with van der Waals surface area (Å²) < 4.78 is 5.84. The smallest absolute Gasteiger partial charge is 0.349 e. The maximum Gasteiger partial charge on any atom is 0.349 e. The van der Waals surface area contributed by atoms with Crippen LogP contribution in [-0.2, 0) is 20.4 Å². The van der Waals surface area contributed by atoms with E-state index >= 15 is 0 Å². The number of carboxylic acid groups (broad SMARTS) is 1. The average Bonchev–Trinajstić information content (AvgIpc) is 2.88. The number of hydrogen-bond acceptors (Lipinski definition) is 6.